The SMILES string of the molecule is C[C@H]1C[C@H]1c1nc(C2(C)CCNCC2)no1.Cl. The van der Waals surface area contributed by atoms with Crippen LogP contribution in [-0.4, -0.2) is 23.2 Å². The molecular formula is C12H20ClN3O. The summed E-state index contributed by atoms with van der Waals surface area (Å²) in [5.74, 6) is 3.05. The molecule has 1 aliphatic carbocycles. The summed E-state index contributed by atoms with van der Waals surface area (Å²) in [5.41, 5.74) is 0.116. The molecule has 0 radical (unpaired) electrons. The van der Waals surface area contributed by atoms with Crippen LogP contribution in [0.4, 0.5) is 0 Å². The van der Waals surface area contributed by atoms with Gasteiger partial charge in [0.2, 0.25) is 5.89 Å². The van der Waals surface area contributed by atoms with Crippen LogP contribution in [0.15, 0.2) is 4.52 Å². The maximum Gasteiger partial charge on any atom is 0.230 e. The van der Waals surface area contributed by atoms with Gasteiger partial charge in [-0.25, -0.2) is 0 Å². The molecule has 2 heterocycles. The van der Waals surface area contributed by atoms with Crippen molar-refractivity contribution >= 4 is 12.4 Å². The van der Waals surface area contributed by atoms with Gasteiger partial charge in [0, 0.05) is 11.3 Å². The summed E-state index contributed by atoms with van der Waals surface area (Å²) in [5, 5.41) is 7.57. The molecule has 2 atom stereocenters. The quantitative estimate of drug-likeness (QED) is 0.883. The van der Waals surface area contributed by atoms with Crippen molar-refractivity contribution in [1.29, 1.82) is 0 Å². The van der Waals surface area contributed by atoms with Crippen LogP contribution in [0.25, 0.3) is 0 Å². The number of aromatic nitrogens is 2. The molecule has 0 spiro atoms. The number of hydrogen-bond donors (Lipinski definition) is 1. The molecule has 0 amide bonds. The highest BCUT2D eigenvalue weighted by molar-refractivity contribution is 5.85. The molecule has 1 aromatic heterocycles. The van der Waals surface area contributed by atoms with E-state index in [2.05, 4.69) is 29.3 Å². The molecule has 5 heteroatoms. The molecule has 2 fully saturated rings. The molecule has 0 aromatic carbocycles. The van der Waals surface area contributed by atoms with Gasteiger partial charge in [-0.05, 0) is 38.3 Å². The molecule has 0 bridgehead atoms. The number of nitrogens with one attached hydrogen (secondary N) is 1. The van der Waals surface area contributed by atoms with Crippen LogP contribution >= 0.6 is 12.4 Å². The highest BCUT2D eigenvalue weighted by atomic mass is 35.5. The first-order valence-corrected chi connectivity index (χ1v) is 6.24. The number of nitrogens with zero attached hydrogens (tertiary/aromatic N) is 2. The minimum Gasteiger partial charge on any atom is -0.339 e. The fourth-order valence-electron chi connectivity index (χ4n) is 2.50. The van der Waals surface area contributed by atoms with Gasteiger partial charge in [-0.15, -0.1) is 12.4 Å². The summed E-state index contributed by atoms with van der Waals surface area (Å²) in [6, 6.07) is 0. The Morgan fingerprint density at radius 2 is 2.00 bits per heavy atom. The fraction of sp³-hybridized carbons (Fsp3) is 0.833. The van der Waals surface area contributed by atoms with Crippen LogP contribution in [0.3, 0.4) is 0 Å². The molecule has 3 rings (SSSR count). The third-order valence-corrected chi connectivity index (χ3v) is 4.12. The second-order valence-electron chi connectivity index (χ2n) is 5.59. The molecule has 17 heavy (non-hydrogen) atoms. The number of halogens is 1. The molecule has 0 unspecified atom stereocenters. The van der Waals surface area contributed by atoms with Gasteiger partial charge in [-0.3, -0.25) is 0 Å². The summed E-state index contributed by atoms with van der Waals surface area (Å²) in [6.07, 6.45) is 3.41. The Kier molecular flexibility index (Phi) is 3.46. The molecule has 1 saturated carbocycles. The van der Waals surface area contributed by atoms with Gasteiger partial charge < -0.3 is 9.84 Å². The first-order chi connectivity index (χ1) is 7.69. The molecule has 1 aliphatic heterocycles. The van der Waals surface area contributed by atoms with Crippen molar-refractivity contribution in [3.63, 3.8) is 0 Å². The highest BCUT2D eigenvalue weighted by Gasteiger charge is 2.41. The first kappa shape index (κ1) is 12.8. The van der Waals surface area contributed by atoms with Gasteiger partial charge in [0.05, 0.1) is 0 Å². The maximum absolute atomic E-state index is 5.40. The summed E-state index contributed by atoms with van der Waals surface area (Å²) in [7, 11) is 0. The zero-order chi connectivity index (χ0) is 11.2. The van der Waals surface area contributed by atoms with Crippen molar-refractivity contribution in [1.82, 2.24) is 15.5 Å². The maximum atomic E-state index is 5.40. The molecule has 1 N–H and O–H groups in total. The lowest BCUT2D eigenvalue weighted by Gasteiger charge is -2.30. The van der Waals surface area contributed by atoms with E-state index in [0.29, 0.717) is 5.92 Å². The first-order valence-electron chi connectivity index (χ1n) is 6.24. The average molecular weight is 258 g/mol. The summed E-state index contributed by atoms with van der Waals surface area (Å²) < 4.78 is 5.40. The second kappa shape index (κ2) is 4.58. The van der Waals surface area contributed by atoms with E-state index in [9.17, 15) is 0 Å². The van der Waals surface area contributed by atoms with Crippen LogP contribution in [0.5, 0.6) is 0 Å². The highest BCUT2D eigenvalue weighted by Crippen LogP contribution is 2.46. The molecule has 2 aliphatic rings. The molecule has 96 valence electrons. The van der Waals surface area contributed by atoms with Crippen LogP contribution in [-0.2, 0) is 5.41 Å². The van der Waals surface area contributed by atoms with Gasteiger partial charge in [-0.2, -0.15) is 4.98 Å². The zero-order valence-corrected chi connectivity index (χ0v) is 11.2. The van der Waals surface area contributed by atoms with Gasteiger partial charge in [0.25, 0.3) is 0 Å². The molecular weight excluding hydrogens is 238 g/mol. The Morgan fingerprint density at radius 1 is 1.35 bits per heavy atom. The topological polar surface area (TPSA) is 51.0 Å². The average Bonchev–Trinajstić information content (AvgIpc) is 2.82. The van der Waals surface area contributed by atoms with E-state index in [0.717, 1.165) is 43.6 Å². The predicted octanol–water partition coefficient (Wildman–Crippen LogP) is 2.26. The Hall–Kier alpha value is -0.610. The van der Waals surface area contributed by atoms with Crippen molar-refractivity contribution in [2.24, 2.45) is 5.92 Å². The van der Waals surface area contributed by atoms with E-state index in [1.165, 1.54) is 6.42 Å². The largest absolute Gasteiger partial charge is 0.339 e. The zero-order valence-electron chi connectivity index (χ0n) is 10.4. The van der Waals surface area contributed by atoms with E-state index < -0.39 is 0 Å². The summed E-state index contributed by atoms with van der Waals surface area (Å²) in [6.45, 7) is 6.60. The standard InChI is InChI=1S/C12H19N3O.ClH/c1-8-7-9(8)10-14-11(15-16-10)12(2)3-5-13-6-4-12;/h8-9,13H,3-7H2,1-2H3;1H/t8-,9+;/m0./s1. The lowest BCUT2D eigenvalue weighted by molar-refractivity contribution is 0.299. The Labute approximate surface area is 108 Å². The van der Waals surface area contributed by atoms with Crippen LogP contribution in [0.2, 0.25) is 0 Å². The lowest BCUT2D eigenvalue weighted by atomic mass is 9.80. The smallest absolute Gasteiger partial charge is 0.230 e. The molecule has 1 aromatic rings. The Balaban J connectivity index is 0.00000108. The Morgan fingerprint density at radius 3 is 2.59 bits per heavy atom. The number of rotatable bonds is 2. The van der Waals surface area contributed by atoms with Crippen LogP contribution < -0.4 is 5.32 Å². The van der Waals surface area contributed by atoms with Crippen molar-refractivity contribution in [3.8, 4) is 0 Å². The van der Waals surface area contributed by atoms with Crippen LogP contribution in [0, 0.1) is 5.92 Å². The molecule has 1 saturated heterocycles. The van der Waals surface area contributed by atoms with E-state index in [1.54, 1.807) is 0 Å². The summed E-state index contributed by atoms with van der Waals surface area (Å²) >= 11 is 0. The minimum absolute atomic E-state index is 0. The second-order valence-corrected chi connectivity index (χ2v) is 5.59. The van der Waals surface area contributed by atoms with E-state index in [4.69, 9.17) is 4.52 Å². The fourth-order valence-corrected chi connectivity index (χ4v) is 2.50. The normalized spacial score (nSPS) is 30.7. The summed E-state index contributed by atoms with van der Waals surface area (Å²) in [4.78, 5) is 4.61. The lowest BCUT2D eigenvalue weighted by Crippen LogP contribution is -2.38. The number of hydrogen-bond acceptors (Lipinski definition) is 4. The van der Waals surface area contributed by atoms with Gasteiger partial charge in [0.15, 0.2) is 5.82 Å². The van der Waals surface area contributed by atoms with Gasteiger partial charge in [0.1, 0.15) is 0 Å². The number of piperidine rings is 1. The Bertz CT molecular complexity index is 387. The third kappa shape index (κ3) is 2.33. The predicted molar refractivity (Wildman–Crippen MR) is 67.5 cm³/mol. The van der Waals surface area contributed by atoms with Gasteiger partial charge >= 0.3 is 0 Å². The van der Waals surface area contributed by atoms with Crippen molar-refractivity contribution < 1.29 is 4.52 Å². The third-order valence-electron chi connectivity index (χ3n) is 4.12. The minimum atomic E-state index is 0. The van der Waals surface area contributed by atoms with E-state index >= 15 is 0 Å². The van der Waals surface area contributed by atoms with E-state index in [-0.39, 0.29) is 17.8 Å². The monoisotopic (exact) mass is 257 g/mol. The van der Waals surface area contributed by atoms with Gasteiger partial charge in [-0.1, -0.05) is 19.0 Å². The van der Waals surface area contributed by atoms with Crippen molar-refractivity contribution in [2.45, 2.75) is 44.4 Å². The van der Waals surface area contributed by atoms with Crippen LogP contribution in [0.1, 0.15) is 50.7 Å². The van der Waals surface area contributed by atoms with Crippen molar-refractivity contribution in [2.75, 3.05) is 13.1 Å². The van der Waals surface area contributed by atoms with E-state index in [1.807, 2.05) is 0 Å². The van der Waals surface area contributed by atoms with Crippen molar-refractivity contribution in [3.05, 3.63) is 11.7 Å². The molecule has 4 nitrogen and oxygen atoms in total.